The maximum absolute atomic E-state index is 9.47. The number of hydrogen-bond acceptors (Lipinski definition) is 3. The minimum absolute atomic E-state index is 0.0517. The van der Waals surface area contributed by atoms with E-state index < -0.39 is 0 Å². The first-order chi connectivity index (χ1) is 11.3. The zero-order valence-electron chi connectivity index (χ0n) is 15.4. The summed E-state index contributed by atoms with van der Waals surface area (Å²) < 4.78 is 5.94. The van der Waals surface area contributed by atoms with Gasteiger partial charge in [-0.15, -0.1) is 0 Å². The Morgan fingerprint density at radius 3 is 2.21 bits per heavy atom. The van der Waals surface area contributed by atoms with E-state index in [0.29, 0.717) is 17.9 Å². The molecule has 3 heteroatoms. The number of nitrogens with zero attached hydrogens (tertiary/aromatic N) is 2. The molecule has 0 radical (unpaired) electrons. The van der Waals surface area contributed by atoms with Crippen molar-refractivity contribution in [2.45, 2.75) is 64.7 Å². The number of fused-ring (bicyclic) bond motifs is 1. The second kappa shape index (κ2) is 6.70. The van der Waals surface area contributed by atoms with E-state index in [-0.39, 0.29) is 10.8 Å². The van der Waals surface area contributed by atoms with Gasteiger partial charge in [0.05, 0.1) is 18.2 Å². The maximum atomic E-state index is 9.47. The Morgan fingerprint density at radius 2 is 1.71 bits per heavy atom. The van der Waals surface area contributed by atoms with Gasteiger partial charge < -0.3 is 4.74 Å². The third-order valence-corrected chi connectivity index (χ3v) is 5.03. The molecular weight excluding hydrogens is 296 g/mol. The molecule has 24 heavy (non-hydrogen) atoms. The summed E-state index contributed by atoms with van der Waals surface area (Å²) in [6, 6.07) is 8.31. The number of benzene rings is 1. The molecule has 0 bridgehead atoms. The summed E-state index contributed by atoms with van der Waals surface area (Å²) in [7, 11) is 0. The largest absolute Gasteiger partial charge is 0.493 e. The molecule has 3 nitrogen and oxygen atoms in total. The maximum Gasteiger partial charge on any atom is 0.128 e. The molecule has 0 atom stereocenters. The minimum Gasteiger partial charge on any atom is -0.493 e. The molecule has 0 saturated heterocycles. The van der Waals surface area contributed by atoms with Gasteiger partial charge in [-0.1, -0.05) is 34.6 Å². The Hall–Kier alpha value is -2.26. The zero-order valence-corrected chi connectivity index (χ0v) is 15.4. The van der Waals surface area contributed by atoms with E-state index in [2.05, 4.69) is 52.8 Å². The highest BCUT2D eigenvalue weighted by Gasteiger charge is 2.38. The van der Waals surface area contributed by atoms with Crippen molar-refractivity contribution >= 4 is 5.57 Å². The van der Waals surface area contributed by atoms with Crippen molar-refractivity contribution in [2.24, 2.45) is 0 Å². The number of ether oxygens (including phenoxy) is 1. The van der Waals surface area contributed by atoms with Crippen LogP contribution in [0, 0.1) is 22.7 Å². The van der Waals surface area contributed by atoms with E-state index in [1.807, 2.05) is 6.07 Å². The first kappa shape index (κ1) is 18.1. The first-order valence-electron chi connectivity index (χ1n) is 8.59. The van der Waals surface area contributed by atoms with Gasteiger partial charge in [0.25, 0.3) is 0 Å². The third kappa shape index (κ3) is 3.31. The molecule has 2 rings (SSSR count). The molecule has 0 heterocycles. The molecule has 1 aromatic carbocycles. The lowest BCUT2D eigenvalue weighted by Gasteiger charge is -2.42. The predicted octanol–water partition coefficient (Wildman–Crippen LogP) is 5.25. The second-order valence-corrected chi connectivity index (χ2v) is 7.81. The van der Waals surface area contributed by atoms with Crippen LogP contribution >= 0.6 is 0 Å². The van der Waals surface area contributed by atoms with Crippen molar-refractivity contribution in [3.8, 4) is 17.9 Å². The summed E-state index contributed by atoms with van der Waals surface area (Å²) in [4.78, 5) is 0. The van der Waals surface area contributed by atoms with Gasteiger partial charge in [-0.05, 0) is 53.4 Å². The predicted molar refractivity (Wildman–Crippen MR) is 96.7 cm³/mol. The van der Waals surface area contributed by atoms with Crippen LogP contribution in [0.4, 0.5) is 0 Å². The smallest absolute Gasteiger partial charge is 0.128 e. The van der Waals surface area contributed by atoms with Gasteiger partial charge in [0, 0.05) is 11.6 Å². The SMILES string of the molecule is CCCOc1cc2c(cc1/C(C#N)=C\C#N)C(C)(C)CCC2(C)C. The summed E-state index contributed by atoms with van der Waals surface area (Å²) in [5.41, 5.74) is 3.79. The fraction of sp³-hybridized carbons (Fsp3) is 0.524. The van der Waals surface area contributed by atoms with Gasteiger partial charge in [0.1, 0.15) is 11.8 Å². The van der Waals surface area contributed by atoms with Crippen LogP contribution < -0.4 is 4.74 Å². The summed E-state index contributed by atoms with van der Waals surface area (Å²) in [6.45, 7) is 11.7. The van der Waals surface area contributed by atoms with E-state index in [0.717, 1.165) is 24.8 Å². The van der Waals surface area contributed by atoms with E-state index >= 15 is 0 Å². The Labute approximate surface area is 145 Å². The molecule has 0 saturated carbocycles. The van der Waals surface area contributed by atoms with Crippen molar-refractivity contribution in [3.63, 3.8) is 0 Å². The van der Waals surface area contributed by atoms with Gasteiger partial charge in [0.15, 0.2) is 0 Å². The topological polar surface area (TPSA) is 56.8 Å². The van der Waals surface area contributed by atoms with Crippen LogP contribution in [0.1, 0.15) is 70.6 Å². The van der Waals surface area contributed by atoms with Crippen molar-refractivity contribution in [1.82, 2.24) is 0 Å². The quantitative estimate of drug-likeness (QED) is 0.711. The standard InChI is InChI=1S/C21H26N2O/c1-6-11-24-19-13-18-17(12-16(19)15(14-23)7-10-22)20(2,3)8-9-21(18,4)5/h7,12-13H,6,8-9,11H2,1-5H3/b15-7-. The fourth-order valence-corrected chi connectivity index (χ4v) is 3.37. The lowest BCUT2D eigenvalue weighted by molar-refractivity contribution is 0.306. The number of nitriles is 2. The molecule has 1 aliphatic carbocycles. The van der Waals surface area contributed by atoms with Gasteiger partial charge in [0.2, 0.25) is 0 Å². The molecule has 0 aromatic heterocycles. The highest BCUT2D eigenvalue weighted by molar-refractivity contribution is 5.82. The van der Waals surface area contributed by atoms with Crippen molar-refractivity contribution < 1.29 is 4.74 Å². The minimum atomic E-state index is 0.0517. The van der Waals surface area contributed by atoms with E-state index in [4.69, 9.17) is 10.00 Å². The lowest BCUT2D eigenvalue weighted by Crippen LogP contribution is -2.34. The van der Waals surface area contributed by atoms with Crippen LogP contribution in [0.5, 0.6) is 5.75 Å². The lowest BCUT2D eigenvalue weighted by atomic mass is 9.62. The average Bonchev–Trinajstić information content (AvgIpc) is 2.54. The Bertz CT molecular complexity index is 742. The Morgan fingerprint density at radius 1 is 1.12 bits per heavy atom. The van der Waals surface area contributed by atoms with Crippen LogP contribution in [-0.2, 0) is 10.8 Å². The van der Waals surface area contributed by atoms with Gasteiger partial charge in [-0.2, -0.15) is 10.5 Å². The van der Waals surface area contributed by atoms with Gasteiger partial charge in [-0.3, -0.25) is 0 Å². The molecule has 0 aliphatic heterocycles. The van der Waals surface area contributed by atoms with Crippen LogP contribution in [0.15, 0.2) is 18.2 Å². The normalized spacial score (nSPS) is 18.2. The molecule has 0 unspecified atom stereocenters. The van der Waals surface area contributed by atoms with Gasteiger partial charge >= 0.3 is 0 Å². The highest BCUT2D eigenvalue weighted by atomic mass is 16.5. The van der Waals surface area contributed by atoms with Crippen LogP contribution in [0.3, 0.4) is 0 Å². The monoisotopic (exact) mass is 322 g/mol. The average molecular weight is 322 g/mol. The molecule has 0 N–H and O–H groups in total. The highest BCUT2D eigenvalue weighted by Crippen LogP contribution is 2.48. The fourth-order valence-electron chi connectivity index (χ4n) is 3.37. The molecule has 126 valence electrons. The Kier molecular flexibility index (Phi) is 5.05. The molecular formula is C21H26N2O. The first-order valence-corrected chi connectivity index (χ1v) is 8.59. The second-order valence-electron chi connectivity index (χ2n) is 7.81. The number of hydrogen-bond donors (Lipinski definition) is 0. The van der Waals surface area contributed by atoms with E-state index in [1.54, 1.807) is 0 Å². The van der Waals surface area contributed by atoms with Crippen LogP contribution in [0.25, 0.3) is 5.57 Å². The van der Waals surface area contributed by atoms with Crippen molar-refractivity contribution in [2.75, 3.05) is 6.61 Å². The molecule has 0 fully saturated rings. The Balaban J connectivity index is 2.74. The molecule has 0 spiro atoms. The van der Waals surface area contributed by atoms with Crippen molar-refractivity contribution in [3.05, 3.63) is 34.9 Å². The van der Waals surface area contributed by atoms with Crippen LogP contribution in [-0.4, -0.2) is 6.61 Å². The summed E-state index contributed by atoms with van der Waals surface area (Å²) in [5.74, 6) is 0.712. The number of rotatable bonds is 4. The molecule has 0 amide bonds. The van der Waals surface area contributed by atoms with Gasteiger partial charge in [-0.25, -0.2) is 0 Å². The molecule has 1 aliphatic rings. The van der Waals surface area contributed by atoms with Crippen molar-refractivity contribution in [1.29, 1.82) is 10.5 Å². The van der Waals surface area contributed by atoms with Crippen LogP contribution in [0.2, 0.25) is 0 Å². The zero-order chi connectivity index (χ0) is 18.0. The third-order valence-electron chi connectivity index (χ3n) is 5.03. The summed E-state index contributed by atoms with van der Waals surface area (Å²) in [6.07, 6.45) is 4.43. The van der Waals surface area contributed by atoms with E-state index in [1.165, 1.54) is 17.2 Å². The molecule has 1 aromatic rings. The summed E-state index contributed by atoms with van der Waals surface area (Å²) >= 11 is 0. The number of allylic oxidation sites excluding steroid dienone is 2. The summed E-state index contributed by atoms with van der Waals surface area (Å²) in [5, 5.41) is 18.5. The van der Waals surface area contributed by atoms with E-state index in [9.17, 15) is 5.26 Å².